The molecule has 22 heavy (non-hydrogen) atoms. The highest BCUT2D eigenvalue weighted by atomic mass is 16.3. The highest BCUT2D eigenvalue weighted by Crippen LogP contribution is 2.66. The van der Waals surface area contributed by atoms with E-state index in [4.69, 9.17) is 0 Å². The van der Waals surface area contributed by atoms with Crippen LogP contribution in [0, 0.1) is 45.3 Å². The Balaban J connectivity index is 1.62. The van der Waals surface area contributed by atoms with Crippen LogP contribution in [0.1, 0.15) is 72.1 Å². The molecule has 124 valence electrons. The average Bonchev–Trinajstić information content (AvgIpc) is 2.84. The van der Waals surface area contributed by atoms with E-state index < -0.39 is 0 Å². The fraction of sp³-hybridized carbons (Fsp3) is 1.00. The summed E-state index contributed by atoms with van der Waals surface area (Å²) in [5.41, 5.74) is 1.10. The Labute approximate surface area is 136 Å². The van der Waals surface area contributed by atoms with Crippen molar-refractivity contribution in [2.75, 3.05) is 13.1 Å². The predicted molar refractivity (Wildman–Crippen MR) is 89.6 cm³/mol. The van der Waals surface area contributed by atoms with E-state index in [1.165, 1.54) is 49.7 Å². The molecular formula is C20H34NO+. The molecular weight excluding hydrogens is 270 g/mol. The Morgan fingerprint density at radius 2 is 1.73 bits per heavy atom. The van der Waals surface area contributed by atoms with Gasteiger partial charge in [-0.2, -0.15) is 0 Å². The summed E-state index contributed by atoms with van der Waals surface area (Å²) in [5, 5.41) is 0. The van der Waals surface area contributed by atoms with Gasteiger partial charge in [0.25, 0.3) is 0 Å². The van der Waals surface area contributed by atoms with E-state index >= 15 is 0 Å². The predicted octanol–water partition coefficient (Wildman–Crippen LogP) is 5.05. The van der Waals surface area contributed by atoms with Crippen LogP contribution >= 0.6 is 0 Å². The maximum absolute atomic E-state index is 11.9. The second-order valence-corrected chi connectivity index (χ2v) is 9.52. The molecule has 3 aliphatic carbocycles. The smallest absolute Gasteiger partial charge is 0.0651 e. The van der Waals surface area contributed by atoms with Gasteiger partial charge in [0, 0.05) is 17.2 Å². The molecule has 0 spiro atoms. The van der Waals surface area contributed by atoms with E-state index in [9.17, 15) is 4.91 Å². The molecule has 7 atom stereocenters. The van der Waals surface area contributed by atoms with Gasteiger partial charge in [-0.15, -0.1) is 0 Å². The molecule has 0 N–H and O–H groups in total. The molecule has 0 bridgehead atoms. The Hall–Kier alpha value is -0.400. The van der Waals surface area contributed by atoms with Crippen molar-refractivity contribution in [2.45, 2.75) is 72.1 Å². The summed E-state index contributed by atoms with van der Waals surface area (Å²) in [7, 11) is 0. The normalized spacial score (nSPS) is 54.5. The number of hydrogen-bond donors (Lipinski definition) is 0. The molecule has 0 aromatic carbocycles. The number of rotatable bonds is 1. The lowest BCUT2D eigenvalue weighted by Crippen LogP contribution is -2.55. The number of piperidine rings is 1. The molecule has 4 rings (SSSR count). The number of nitrogens with zero attached hydrogens (tertiary/aromatic N) is 1. The second-order valence-electron chi connectivity index (χ2n) is 9.52. The van der Waals surface area contributed by atoms with Gasteiger partial charge in [-0.25, -0.2) is 0 Å². The van der Waals surface area contributed by atoms with Gasteiger partial charge in [0.05, 0.1) is 0 Å². The molecule has 1 heterocycles. The lowest BCUT2D eigenvalue weighted by Gasteiger charge is -2.59. The van der Waals surface area contributed by atoms with Gasteiger partial charge in [-0.3, -0.25) is 0 Å². The third-order valence-electron chi connectivity index (χ3n) is 9.08. The van der Waals surface area contributed by atoms with Crippen molar-refractivity contribution in [1.82, 2.24) is 0 Å². The zero-order valence-electron chi connectivity index (χ0n) is 14.8. The molecule has 0 aromatic rings. The van der Waals surface area contributed by atoms with Gasteiger partial charge >= 0.3 is 0 Å². The molecule has 2 nitrogen and oxygen atoms in total. The van der Waals surface area contributed by atoms with Gasteiger partial charge < -0.3 is 0 Å². The first-order valence-electron chi connectivity index (χ1n) is 9.91. The summed E-state index contributed by atoms with van der Waals surface area (Å²) in [4.78, 5) is 11.9. The summed E-state index contributed by atoms with van der Waals surface area (Å²) in [6.07, 6.45) is 11.1. The monoisotopic (exact) mass is 304 g/mol. The minimum atomic E-state index is 0.468. The lowest BCUT2D eigenvalue weighted by molar-refractivity contribution is -0.577. The van der Waals surface area contributed by atoms with Crippen LogP contribution in [0.15, 0.2) is 0 Å². The van der Waals surface area contributed by atoms with E-state index in [1.54, 1.807) is 0 Å². The highest BCUT2D eigenvalue weighted by Gasteiger charge is 2.60. The van der Waals surface area contributed by atoms with Gasteiger partial charge in [0.2, 0.25) is 0 Å². The SMILES string of the molecule is CC[C@H]1CC[C@H]2[C@@H]3CCC4C[N+](=O)CC[C@]4(C)[C@H]3CC[C@]12C. The summed E-state index contributed by atoms with van der Waals surface area (Å²) < 4.78 is 1.35. The van der Waals surface area contributed by atoms with Crippen LogP contribution in [0.25, 0.3) is 0 Å². The molecule has 2 heteroatoms. The molecule has 1 saturated heterocycles. The van der Waals surface area contributed by atoms with Crippen LogP contribution in [0.3, 0.4) is 0 Å². The molecule has 1 aliphatic heterocycles. The van der Waals surface area contributed by atoms with E-state index in [0.717, 1.165) is 43.2 Å². The van der Waals surface area contributed by atoms with Crippen molar-refractivity contribution in [2.24, 2.45) is 40.4 Å². The Bertz CT molecular complexity index is 474. The zero-order valence-corrected chi connectivity index (χ0v) is 14.8. The van der Waals surface area contributed by atoms with E-state index in [-0.39, 0.29) is 0 Å². The van der Waals surface area contributed by atoms with Gasteiger partial charge in [-0.05, 0) is 77.8 Å². The number of hydrogen-bond acceptors (Lipinski definition) is 1. The highest BCUT2D eigenvalue weighted by molar-refractivity contribution is 5.08. The summed E-state index contributed by atoms with van der Waals surface area (Å²) in [6.45, 7) is 9.20. The third-order valence-corrected chi connectivity index (χ3v) is 9.08. The van der Waals surface area contributed by atoms with Crippen LogP contribution in [0.2, 0.25) is 0 Å². The van der Waals surface area contributed by atoms with Crippen LogP contribution < -0.4 is 0 Å². The summed E-state index contributed by atoms with van der Waals surface area (Å²) in [5.74, 6) is 4.52. The quantitative estimate of drug-likeness (QED) is 0.620. The number of fused-ring (bicyclic) bond motifs is 5. The van der Waals surface area contributed by atoms with Crippen molar-refractivity contribution in [3.05, 3.63) is 4.91 Å². The second kappa shape index (κ2) is 5.05. The summed E-state index contributed by atoms with van der Waals surface area (Å²) in [6, 6.07) is 0. The topological polar surface area (TPSA) is 20.1 Å². The molecule has 4 fully saturated rings. The van der Waals surface area contributed by atoms with Gasteiger partial charge in [-0.1, -0.05) is 27.2 Å². The van der Waals surface area contributed by atoms with Crippen LogP contribution in [-0.4, -0.2) is 17.8 Å². The largest absolute Gasteiger partial charge is 0.195 e. The minimum Gasteiger partial charge on any atom is -0.0651 e. The van der Waals surface area contributed by atoms with E-state index in [0.29, 0.717) is 16.7 Å². The Kier molecular flexibility index (Phi) is 3.47. The lowest BCUT2D eigenvalue weighted by atomic mass is 9.46. The van der Waals surface area contributed by atoms with Crippen LogP contribution in [-0.2, 0) is 0 Å². The molecule has 0 aromatic heterocycles. The molecule has 1 unspecified atom stereocenters. The van der Waals surface area contributed by atoms with Crippen LogP contribution in [0.4, 0.5) is 0 Å². The standard InChI is InChI=1S/C20H34NO/c1-4-14-6-8-17-16-7-5-15-13-21(22)12-11-20(15,3)18(16)9-10-19(14,17)2/h14-18H,4-13H2,1-3H3/q+1/t14-,15?,16-,17-,18-,19+,20-/m0/s1. The first kappa shape index (κ1) is 15.1. The van der Waals surface area contributed by atoms with Gasteiger partial charge in [0.15, 0.2) is 13.1 Å². The van der Waals surface area contributed by atoms with Crippen molar-refractivity contribution in [1.29, 1.82) is 0 Å². The molecule has 3 saturated carbocycles. The molecule has 0 amide bonds. The Morgan fingerprint density at radius 3 is 2.50 bits per heavy atom. The molecule has 0 radical (unpaired) electrons. The average molecular weight is 304 g/mol. The fourth-order valence-electron chi connectivity index (χ4n) is 7.71. The first-order chi connectivity index (χ1) is 10.5. The van der Waals surface area contributed by atoms with Crippen molar-refractivity contribution in [3.8, 4) is 0 Å². The number of nitroso groups, excluding NO2 is 1. The van der Waals surface area contributed by atoms with E-state index in [1.807, 2.05) is 0 Å². The third kappa shape index (κ3) is 1.91. The molecule has 4 aliphatic rings. The van der Waals surface area contributed by atoms with Gasteiger partial charge in [0.1, 0.15) is 0 Å². The minimum absolute atomic E-state index is 0.468. The van der Waals surface area contributed by atoms with E-state index in [2.05, 4.69) is 20.8 Å². The Morgan fingerprint density at radius 1 is 0.955 bits per heavy atom. The first-order valence-corrected chi connectivity index (χ1v) is 9.91. The zero-order chi connectivity index (χ0) is 15.5. The maximum atomic E-state index is 11.9. The van der Waals surface area contributed by atoms with Crippen molar-refractivity contribution >= 4 is 0 Å². The van der Waals surface area contributed by atoms with Crippen molar-refractivity contribution in [3.63, 3.8) is 0 Å². The van der Waals surface area contributed by atoms with Crippen LogP contribution in [0.5, 0.6) is 0 Å². The summed E-state index contributed by atoms with van der Waals surface area (Å²) >= 11 is 0. The maximum Gasteiger partial charge on any atom is 0.195 e. The van der Waals surface area contributed by atoms with Crippen molar-refractivity contribution < 1.29 is 4.76 Å². The fourth-order valence-corrected chi connectivity index (χ4v) is 7.71.